The molecule has 0 saturated heterocycles. The van der Waals surface area contributed by atoms with E-state index in [0.29, 0.717) is 17.8 Å². The molecular formula is C14H21N3O3. The molecule has 0 unspecified atom stereocenters. The second-order valence-electron chi connectivity index (χ2n) is 4.42. The van der Waals surface area contributed by atoms with Crippen LogP contribution in [0.2, 0.25) is 0 Å². The summed E-state index contributed by atoms with van der Waals surface area (Å²) in [6.45, 7) is 6.16. The van der Waals surface area contributed by atoms with Crippen LogP contribution in [0.25, 0.3) is 0 Å². The van der Waals surface area contributed by atoms with E-state index >= 15 is 0 Å². The molecule has 1 aromatic rings. The molecule has 6 heteroatoms. The lowest BCUT2D eigenvalue weighted by atomic mass is 10.1. The van der Waals surface area contributed by atoms with Crippen LogP contribution in [-0.2, 0) is 0 Å². The third-order valence-corrected chi connectivity index (χ3v) is 2.79. The molecule has 0 aliphatic heterocycles. The third kappa shape index (κ3) is 5.27. The summed E-state index contributed by atoms with van der Waals surface area (Å²) in [6, 6.07) is 4.31. The molecule has 0 heterocycles. The molecule has 0 aliphatic rings. The third-order valence-electron chi connectivity index (χ3n) is 2.79. The number of urea groups is 1. The molecule has 0 bridgehead atoms. The smallest absolute Gasteiger partial charge is 0.335 e. The maximum Gasteiger partial charge on any atom is 0.335 e. The van der Waals surface area contributed by atoms with E-state index in [1.807, 2.05) is 6.92 Å². The van der Waals surface area contributed by atoms with Gasteiger partial charge in [0.15, 0.2) is 0 Å². The highest BCUT2D eigenvalue weighted by Crippen LogP contribution is 2.16. The summed E-state index contributed by atoms with van der Waals surface area (Å²) in [4.78, 5) is 22.5. The highest BCUT2D eigenvalue weighted by Gasteiger charge is 2.07. The Morgan fingerprint density at radius 2 is 2.00 bits per heavy atom. The van der Waals surface area contributed by atoms with Crippen LogP contribution in [0.4, 0.5) is 10.5 Å². The van der Waals surface area contributed by atoms with Gasteiger partial charge in [-0.15, -0.1) is 0 Å². The number of carboxylic acids is 1. The Kier molecular flexibility index (Phi) is 6.52. The number of hydrogen-bond donors (Lipinski definition) is 4. The standard InChI is InChI=1S/C14H21N3O3/c1-3-15-7-4-8-16-14(20)17-12-6-5-11(13(18)19)9-10(12)2/h5-6,9,15H,3-4,7-8H2,1-2H3,(H,18,19)(H2,16,17,20). The molecule has 1 aromatic carbocycles. The summed E-state index contributed by atoms with van der Waals surface area (Å²) in [6.07, 6.45) is 0.859. The van der Waals surface area contributed by atoms with Crippen molar-refractivity contribution in [3.05, 3.63) is 29.3 Å². The van der Waals surface area contributed by atoms with Crippen LogP contribution >= 0.6 is 0 Å². The lowest BCUT2D eigenvalue weighted by molar-refractivity contribution is 0.0697. The average Bonchev–Trinajstić information content (AvgIpc) is 2.40. The highest BCUT2D eigenvalue weighted by molar-refractivity contribution is 5.92. The van der Waals surface area contributed by atoms with Gasteiger partial charge >= 0.3 is 12.0 Å². The number of aryl methyl sites for hydroxylation is 1. The molecule has 0 fully saturated rings. The van der Waals surface area contributed by atoms with Crippen molar-refractivity contribution < 1.29 is 14.7 Å². The van der Waals surface area contributed by atoms with E-state index in [1.54, 1.807) is 13.0 Å². The largest absolute Gasteiger partial charge is 0.478 e. The average molecular weight is 279 g/mol. The van der Waals surface area contributed by atoms with Crippen LogP contribution in [0.5, 0.6) is 0 Å². The Balaban J connectivity index is 2.44. The SMILES string of the molecule is CCNCCCNC(=O)Nc1ccc(C(=O)O)cc1C. The van der Waals surface area contributed by atoms with E-state index in [2.05, 4.69) is 16.0 Å². The van der Waals surface area contributed by atoms with Crippen LogP contribution in [0, 0.1) is 6.92 Å². The quantitative estimate of drug-likeness (QED) is 0.573. The molecule has 0 aliphatic carbocycles. The van der Waals surface area contributed by atoms with Crippen molar-refractivity contribution in [1.29, 1.82) is 0 Å². The zero-order valence-corrected chi connectivity index (χ0v) is 11.8. The second-order valence-corrected chi connectivity index (χ2v) is 4.42. The van der Waals surface area contributed by atoms with E-state index < -0.39 is 5.97 Å². The van der Waals surface area contributed by atoms with E-state index in [4.69, 9.17) is 5.11 Å². The molecule has 0 atom stereocenters. The molecule has 0 radical (unpaired) electrons. The van der Waals surface area contributed by atoms with E-state index in [1.165, 1.54) is 12.1 Å². The minimum absolute atomic E-state index is 0.207. The molecule has 20 heavy (non-hydrogen) atoms. The molecule has 6 nitrogen and oxygen atoms in total. The number of hydrogen-bond acceptors (Lipinski definition) is 3. The first-order valence-corrected chi connectivity index (χ1v) is 6.64. The zero-order valence-electron chi connectivity index (χ0n) is 11.8. The Hall–Kier alpha value is -2.08. The van der Waals surface area contributed by atoms with Crippen LogP contribution in [0.15, 0.2) is 18.2 Å². The van der Waals surface area contributed by atoms with Gasteiger partial charge < -0.3 is 21.1 Å². The van der Waals surface area contributed by atoms with Gasteiger partial charge in [-0.1, -0.05) is 6.92 Å². The van der Waals surface area contributed by atoms with Crippen molar-refractivity contribution in [1.82, 2.24) is 10.6 Å². The van der Waals surface area contributed by atoms with Crippen molar-refractivity contribution in [2.45, 2.75) is 20.3 Å². The van der Waals surface area contributed by atoms with Gasteiger partial charge in [-0.3, -0.25) is 0 Å². The van der Waals surface area contributed by atoms with Crippen molar-refractivity contribution in [2.24, 2.45) is 0 Å². The summed E-state index contributed by atoms with van der Waals surface area (Å²) in [5, 5.41) is 17.5. The molecule has 0 aromatic heterocycles. The van der Waals surface area contributed by atoms with Crippen molar-refractivity contribution >= 4 is 17.7 Å². The number of anilines is 1. The summed E-state index contributed by atoms with van der Waals surface area (Å²) in [5.74, 6) is -0.979. The van der Waals surface area contributed by atoms with Gasteiger partial charge in [0.1, 0.15) is 0 Å². The fourth-order valence-electron chi connectivity index (χ4n) is 1.70. The molecule has 1 rings (SSSR count). The Morgan fingerprint density at radius 1 is 1.25 bits per heavy atom. The number of benzene rings is 1. The fourth-order valence-corrected chi connectivity index (χ4v) is 1.70. The number of rotatable bonds is 7. The first kappa shape index (κ1) is 16.0. The number of aromatic carboxylic acids is 1. The Bertz CT molecular complexity index is 475. The minimum atomic E-state index is -0.979. The summed E-state index contributed by atoms with van der Waals surface area (Å²) in [5.41, 5.74) is 1.53. The Morgan fingerprint density at radius 3 is 2.60 bits per heavy atom. The fraction of sp³-hybridized carbons (Fsp3) is 0.429. The maximum atomic E-state index is 11.7. The zero-order chi connectivity index (χ0) is 15.0. The second kappa shape index (κ2) is 8.16. The number of amides is 2. The normalized spacial score (nSPS) is 10.1. The molecular weight excluding hydrogens is 258 g/mol. The summed E-state index contributed by atoms with van der Waals surface area (Å²) < 4.78 is 0. The van der Waals surface area contributed by atoms with Crippen LogP contribution in [0.1, 0.15) is 29.3 Å². The number of carbonyl (C=O) groups excluding carboxylic acids is 1. The number of carbonyl (C=O) groups is 2. The van der Waals surface area contributed by atoms with E-state index in [-0.39, 0.29) is 11.6 Å². The van der Waals surface area contributed by atoms with Crippen molar-refractivity contribution in [2.75, 3.05) is 25.0 Å². The summed E-state index contributed by atoms with van der Waals surface area (Å²) in [7, 11) is 0. The molecule has 4 N–H and O–H groups in total. The van der Waals surface area contributed by atoms with Gasteiger partial charge in [0, 0.05) is 12.2 Å². The van der Waals surface area contributed by atoms with Crippen molar-refractivity contribution in [3.63, 3.8) is 0 Å². The van der Waals surface area contributed by atoms with Crippen molar-refractivity contribution in [3.8, 4) is 0 Å². The van der Waals surface area contributed by atoms with Crippen LogP contribution in [0.3, 0.4) is 0 Å². The lowest BCUT2D eigenvalue weighted by Gasteiger charge is -2.10. The Labute approximate surface area is 118 Å². The van der Waals surface area contributed by atoms with Gasteiger partial charge in [0.05, 0.1) is 5.56 Å². The topological polar surface area (TPSA) is 90.5 Å². The van der Waals surface area contributed by atoms with E-state index in [0.717, 1.165) is 19.5 Å². The number of carboxylic acid groups (broad SMARTS) is 1. The summed E-state index contributed by atoms with van der Waals surface area (Å²) >= 11 is 0. The highest BCUT2D eigenvalue weighted by atomic mass is 16.4. The molecule has 110 valence electrons. The first-order valence-electron chi connectivity index (χ1n) is 6.64. The van der Waals surface area contributed by atoms with Crippen LogP contribution in [-0.4, -0.2) is 36.7 Å². The lowest BCUT2D eigenvalue weighted by Crippen LogP contribution is -2.31. The van der Waals surface area contributed by atoms with Gasteiger partial charge in [-0.25, -0.2) is 9.59 Å². The van der Waals surface area contributed by atoms with Gasteiger partial charge in [0.25, 0.3) is 0 Å². The first-order chi connectivity index (χ1) is 9.54. The minimum Gasteiger partial charge on any atom is -0.478 e. The molecule has 0 saturated carbocycles. The monoisotopic (exact) mass is 279 g/mol. The van der Waals surface area contributed by atoms with Gasteiger partial charge in [-0.2, -0.15) is 0 Å². The van der Waals surface area contributed by atoms with Gasteiger partial charge in [-0.05, 0) is 50.2 Å². The number of nitrogens with one attached hydrogen (secondary N) is 3. The van der Waals surface area contributed by atoms with Crippen LogP contribution < -0.4 is 16.0 Å². The van der Waals surface area contributed by atoms with Gasteiger partial charge in [0.2, 0.25) is 0 Å². The molecule has 0 spiro atoms. The molecule has 2 amide bonds. The predicted molar refractivity (Wildman–Crippen MR) is 78.3 cm³/mol. The van der Waals surface area contributed by atoms with E-state index in [9.17, 15) is 9.59 Å². The maximum absolute atomic E-state index is 11.7. The predicted octanol–water partition coefficient (Wildman–Crippen LogP) is 1.81.